The minimum absolute atomic E-state index is 0.00513. The van der Waals surface area contributed by atoms with E-state index < -0.39 is 0 Å². The van der Waals surface area contributed by atoms with Gasteiger partial charge in [-0.1, -0.05) is 30.3 Å². The summed E-state index contributed by atoms with van der Waals surface area (Å²) < 4.78 is 7.18. The molecule has 2 aromatic carbocycles. The molecule has 0 aliphatic heterocycles. The molecule has 37 heavy (non-hydrogen) atoms. The Hall–Kier alpha value is -4.13. The third-order valence-corrected chi connectivity index (χ3v) is 7.35. The number of pyridine rings is 1. The number of nitrogens with zero attached hydrogens (tertiary/aromatic N) is 3. The Balaban J connectivity index is 1.35. The van der Waals surface area contributed by atoms with Gasteiger partial charge in [-0.3, -0.25) is 9.48 Å². The topological polar surface area (TPSA) is 84.8 Å². The number of hydrogen-bond acceptors (Lipinski definition) is 4. The standard InChI is InChI=1S/C30H33N5O2/c1-18-23(19(2)33-30-29(18)20(3)34-35(30)4)14-15-28(36)32-16-25(21-10-12-22(37-5)13-11-21)26-17-31-27-9-7-6-8-24(26)27/h6-13,17,25,31H,14-16H2,1-5H3,(H,32,36). The quantitative estimate of drug-likeness (QED) is 0.307. The molecule has 0 bridgehead atoms. The maximum absolute atomic E-state index is 13.1. The number of ether oxygens (including phenoxy) is 1. The van der Waals surface area contributed by atoms with Gasteiger partial charge in [0.2, 0.25) is 5.91 Å². The molecule has 5 rings (SSSR count). The molecule has 7 heteroatoms. The molecule has 0 radical (unpaired) electrons. The molecule has 3 aromatic heterocycles. The maximum atomic E-state index is 13.1. The molecule has 0 fully saturated rings. The first-order chi connectivity index (χ1) is 17.9. The monoisotopic (exact) mass is 495 g/mol. The second-order valence-corrected chi connectivity index (χ2v) is 9.63. The fraction of sp³-hybridized carbons (Fsp3) is 0.300. The predicted molar refractivity (Wildman–Crippen MR) is 147 cm³/mol. The Morgan fingerprint density at radius 3 is 2.59 bits per heavy atom. The number of hydrogen-bond donors (Lipinski definition) is 2. The van der Waals surface area contributed by atoms with Crippen molar-refractivity contribution in [3.63, 3.8) is 0 Å². The number of aromatic amines is 1. The number of carbonyl (C=O) groups is 1. The largest absolute Gasteiger partial charge is 0.497 e. The molecule has 3 heterocycles. The van der Waals surface area contributed by atoms with Gasteiger partial charge in [-0.25, -0.2) is 4.98 Å². The molecular formula is C30H33N5O2. The number of benzene rings is 2. The summed E-state index contributed by atoms with van der Waals surface area (Å²) in [5.41, 5.74) is 8.47. The molecular weight excluding hydrogens is 462 g/mol. The zero-order chi connectivity index (χ0) is 26.1. The third kappa shape index (κ3) is 4.69. The second-order valence-electron chi connectivity index (χ2n) is 9.63. The van der Waals surface area contributed by atoms with Gasteiger partial charge in [-0.05, 0) is 67.6 Å². The van der Waals surface area contributed by atoms with Gasteiger partial charge >= 0.3 is 0 Å². The van der Waals surface area contributed by atoms with Crippen LogP contribution in [0.5, 0.6) is 5.75 Å². The number of nitrogens with one attached hydrogen (secondary N) is 2. The van der Waals surface area contributed by atoms with Gasteiger partial charge in [0, 0.05) is 54.1 Å². The van der Waals surface area contributed by atoms with Crippen molar-refractivity contribution in [1.82, 2.24) is 25.1 Å². The summed E-state index contributed by atoms with van der Waals surface area (Å²) in [6.07, 6.45) is 3.09. The zero-order valence-corrected chi connectivity index (χ0v) is 22.1. The molecule has 0 aliphatic carbocycles. The highest BCUT2D eigenvalue weighted by Gasteiger charge is 2.20. The van der Waals surface area contributed by atoms with Crippen LogP contribution in [0.3, 0.4) is 0 Å². The lowest BCUT2D eigenvalue weighted by Crippen LogP contribution is -2.29. The van der Waals surface area contributed by atoms with Gasteiger partial charge in [0.1, 0.15) is 5.75 Å². The summed E-state index contributed by atoms with van der Waals surface area (Å²) in [6, 6.07) is 16.3. The summed E-state index contributed by atoms with van der Waals surface area (Å²) in [5.74, 6) is 0.844. The van der Waals surface area contributed by atoms with Crippen LogP contribution in [0, 0.1) is 20.8 Å². The average molecular weight is 496 g/mol. The van der Waals surface area contributed by atoms with Crippen LogP contribution in [0.1, 0.15) is 46.0 Å². The first-order valence-electron chi connectivity index (χ1n) is 12.6. The lowest BCUT2D eigenvalue weighted by molar-refractivity contribution is -0.121. The number of carbonyl (C=O) groups excluding carboxylic acids is 1. The molecule has 1 unspecified atom stereocenters. The van der Waals surface area contributed by atoms with Crippen molar-refractivity contribution in [2.24, 2.45) is 7.05 Å². The van der Waals surface area contributed by atoms with E-state index in [-0.39, 0.29) is 11.8 Å². The fourth-order valence-electron chi connectivity index (χ4n) is 5.40. The summed E-state index contributed by atoms with van der Waals surface area (Å²) in [5, 5.41) is 9.98. The summed E-state index contributed by atoms with van der Waals surface area (Å²) in [4.78, 5) is 21.2. The first-order valence-corrected chi connectivity index (χ1v) is 12.6. The highest BCUT2D eigenvalue weighted by atomic mass is 16.5. The number of methoxy groups -OCH3 is 1. The highest BCUT2D eigenvalue weighted by Crippen LogP contribution is 2.31. The Bertz CT molecular complexity index is 1580. The van der Waals surface area contributed by atoms with Crippen LogP contribution < -0.4 is 10.1 Å². The van der Waals surface area contributed by atoms with E-state index in [0.29, 0.717) is 19.4 Å². The molecule has 0 aliphatic rings. The summed E-state index contributed by atoms with van der Waals surface area (Å²) >= 11 is 0. The van der Waals surface area contributed by atoms with E-state index in [1.165, 1.54) is 0 Å². The van der Waals surface area contributed by atoms with Crippen molar-refractivity contribution in [1.29, 1.82) is 0 Å². The van der Waals surface area contributed by atoms with E-state index in [0.717, 1.165) is 61.3 Å². The third-order valence-electron chi connectivity index (χ3n) is 7.35. The van der Waals surface area contributed by atoms with Gasteiger partial charge < -0.3 is 15.0 Å². The number of para-hydroxylation sites is 1. The van der Waals surface area contributed by atoms with Crippen LogP contribution >= 0.6 is 0 Å². The molecule has 0 saturated heterocycles. The average Bonchev–Trinajstić information content (AvgIpc) is 3.44. The maximum Gasteiger partial charge on any atom is 0.220 e. The van der Waals surface area contributed by atoms with Gasteiger partial charge in [0.25, 0.3) is 0 Å². The number of amides is 1. The van der Waals surface area contributed by atoms with Crippen molar-refractivity contribution < 1.29 is 9.53 Å². The lowest BCUT2D eigenvalue weighted by Gasteiger charge is -2.19. The number of aryl methyl sites for hydroxylation is 4. The van der Waals surface area contributed by atoms with Crippen LogP contribution in [-0.4, -0.2) is 39.3 Å². The Kier molecular flexibility index (Phi) is 6.70. The minimum atomic E-state index is 0.00513. The SMILES string of the molecule is COc1ccc(C(CNC(=O)CCc2c(C)nc3c(c(C)nn3C)c2C)c2c[nH]c3ccccc23)cc1. The van der Waals surface area contributed by atoms with Crippen LogP contribution in [-0.2, 0) is 18.3 Å². The van der Waals surface area contributed by atoms with Crippen LogP contribution in [0.2, 0.25) is 0 Å². The molecule has 0 saturated carbocycles. The number of aromatic nitrogens is 4. The van der Waals surface area contributed by atoms with E-state index in [1.54, 1.807) is 7.11 Å². The molecule has 0 spiro atoms. The number of H-pyrrole nitrogens is 1. The van der Waals surface area contributed by atoms with Crippen molar-refractivity contribution in [3.8, 4) is 5.75 Å². The van der Waals surface area contributed by atoms with E-state index in [9.17, 15) is 4.79 Å². The van der Waals surface area contributed by atoms with Crippen molar-refractivity contribution >= 4 is 27.8 Å². The lowest BCUT2D eigenvalue weighted by atomic mass is 9.90. The zero-order valence-electron chi connectivity index (χ0n) is 22.1. The van der Waals surface area contributed by atoms with Crippen molar-refractivity contribution in [2.45, 2.75) is 39.5 Å². The molecule has 7 nitrogen and oxygen atoms in total. The normalized spacial score (nSPS) is 12.2. The smallest absolute Gasteiger partial charge is 0.220 e. The molecule has 1 atom stereocenters. The number of rotatable bonds is 8. The fourth-order valence-corrected chi connectivity index (χ4v) is 5.40. The van der Waals surface area contributed by atoms with E-state index in [1.807, 2.05) is 49.8 Å². The van der Waals surface area contributed by atoms with Gasteiger partial charge in [0.05, 0.1) is 12.8 Å². The van der Waals surface area contributed by atoms with Gasteiger partial charge in [-0.15, -0.1) is 0 Å². The van der Waals surface area contributed by atoms with Crippen molar-refractivity contribution in [2.75, 3.05) is 13.7 Å². The van der Waals surface area contributed by atoms with E-state index >= 15 is 0 Å². The molecule has 190 valence electrons. The molecule has 5 aromatic rings. The minimum Gasteiger partial charge on any atom is -0.497 e. The van der Waals surface area contributed by atoms with Crippen LogP contribution in [0.15, 0.2) is 54.7 Å². The van der Waals surface area contributed by atoms with Crippen LogP contribution in [0.4, 0.5) is 0 Å². The van der Waals surface area contributed by atoms with Gasteiger partial charge in [-0.2, -0.15) is 5.10 Å². The van der Waals surface area contributed by atoms with E-state index in [2.05, 4.69) is 52.8 Å². The highest BCUT2D eigenvalue weighted by molar-refractivity contribution is 5.85. The van der Waals surface area contributed by atoms with Crippen LogP contribution in [0.25, 0.3) is 21.9 Å². The number of fused-ring (bicyclic) bond motifs is 2. The molecule has 1 amide bonds. The Labute approximate surface area is 216 Å². The second kappa shape index (κ2) is 10.1. The Morgan fingerprint density at radius 2 is 1.84 bits per heavy atom. The molecule has 2 N–H and O–H groups in total. The summed E-state index contributed by atoms with van der Waals surface area (Å²) in [7, 11) is 3.58. The predicted octanol–water partition coefficient (Wildman–Crippen LogP) is 5.26. The van der Waals surface area contributed by atoms with Crippen molar-refractivity contribution in [3.05, 3.63) is 88.4 Å². The first kappa shape index (κ1) is 24.6. The van der Waals surface area contributed by atoms with E-state index in [4.69, 9.17) is 9.72 Å². The summed E-state index contributed by atoms with van der Waals surface area (Å²) in [6.45, 7) is 6.63. The van der Waals surface area contributed by atoms with Gasteiger partial charge in [0.15, 0.2) is 5.65 Å². The Morgan fingerprint density at radius 1 is 1.08 bits per heavy atom.